The van der Waals surface area contributed by atoms with Gasteiger partial charge in [0.15, 0.2) is 5.03 Å². The van der Waals surface area contributed by atoms with Gasteiger partial charge in [-0.2, -0.15) is 0 Å². The number of carbonyl (C=O) groups excluding carboxylic acids is 1. The lowest BCUT2D eigenvalue weighted by Crippen LogP contribution is -2.46. The van der Waals surface area contributed by atoms with Crippen molar-refractivity contribution in [3.63, 3.8) is 0 Å². The van der Waals surface area contributed by atoms with Crippen molar-refractivity contribution in [1.82, 2.24) is 30.1 Å². The van der Waals surface area contributed by atoms with Crippen molar-refractivity contribution in [3.05, 3.63) is 41.1 Å². The molecular formula is C26H42N6O2S. The van der Waals surface area contributed by atoms with Crippen molar-refractivity contribution in [3.8, 4) is 0 Å². The van der Waals surface area contributed by atoms with Gasteiger partial charge in [0.2, 0.25) is 0 Å². The van der Waals surface area contributed by atoms with Crippen LogP contribution in [-0.2, 0) is 15.6 Å². The molecule has 1 atom stereocenters. The summed E-state index contributed by atoms with van der Waals surface area (Å²) in [7, 11) is 0.610. The summed E-state index contributed by atoms with van der Waals surface area (Å²) in [6.07, 6.45) is 4.97. The maximum Gasteiger partial charge on any atom is 0.177 e. The molecule has 1 N–H and O–H groups in total. The number of aromatic nitrogens is 3. The summed E-state index contributed by atoms with van der Waals surface area (Å²) in [5.74, 6) is 0. The largest absolute Gasteiger partial charge is 0.320 e. The molecule has 9 heteroatoms. The molecule has 0 aliphatic carbocycles. The molecule has 1 aromatic carbocycles. The normalized spacial score (nSPS) is 16.0. The highest BCUT2D eigenvalue weighted by atomic mass is 32.2. The summed E-state index contributed by atoms with van der Waals surface area (Å²) in [5, 5.41) is 12.0. The monoisotopic (exact) mass is 502 g/mol. The highest BCUT2D eigenvalue weighted by Crippen LogP contribution is 2.22. The van der Waals surface area contributed by atoms with Gasteiger partial charge in [-0.05, 0) is 65.4 Å². The molecular weight excluding hydrogens is 460 g/mol. The molecule has 1 aromatic heterocycles. The topological polar surface area (TPSA) is 83.4 Å². The van der Waals surface area contributed by atoms with Gasteiger partial charge >= 0.3 is 0 Å². The van der Waals surface area contributed by atoms with Crippen LogP contribution in [0.25, 0.3) is 5.70 Å². The molecule has 0 radical (unpaired) electrons. The molecule has 35 heavy (non-hydrogen) atoms. The smallest absolute Gasteiger partial charge is 0.177 e. The summed E-state index contributed by atoms with van der Waals surface area (Å²) in [5.41, 5.74) is 3.94. The standard InChI is InChI=1S/C22H31N5O2S.C4H11N/c1-17-6-7-21(18(2)16-17)30(29)22-20(4)27(24-23-22)19(3)8-10-26-13-11-25(12-14-26)9-5-15-28;1-3-4-5-2/h6-8,15-16H,5,9-14H2,1-4H3;5H,3-4H2,1-2H3/b19-8+;. The van der Waals surface area contributed by atoms with Gasteiger partial charge in [0.1, 0.15) is 17.1 Å². The Kier molecular flexibility index (Phi) is 12.5. The van der Waals surface area contributed by atoms with Crippen LogP contribution in [0.3, 0.4) is 0 Å². The lowest BCUT2D eigenvalue weighted by Gasteiger charge is -2.33. The zero-order valence-electron chi connectivity index (χ0n) is 22.2. The Morgan fingerprint density at radius 2 is 1.83 bits per heavy atom. The minimum atomic E-state index is -1.35. The zero-order chi connectivity index (χ0) is 25.8. The van der Waals surface area contributed by atoms with Crippen molar-refractivity contribution in [2.24, 2.45) is 0 Å². The number of nitrogens with one attached hydrogen (secondary N) is 1. The van der Waals surface area contributed by atoms with Crippen molar-refractivity contribution in [2.75, 3.05) is 52.9 Å². The first-order valence-corrected chi connectivity index (χ1v) is 13.6. The molecule has 0 spiro atoms. The summed E-state index contributed by atoms with van der Waals surface area (Å²) in [6.45, 7) is 16.9. The van der Waals surface area contributed by atoms with E-state index in [9.17, 15) is 9.00 Å². The van der Waals surface area contributed by atoms with Gasteiger partial charge in [-0.3, -0.25) is 4.90 Å². The maximum atomic E-state index is 13.1. The predicted molar refractivity (Wildman–Crippen MR) is 143 cm³/mol. The van der Waals surface area contributed by atoms with Crippen molar-refractivity contribution in [2.45, 2.75) is 57.4 Å². The van der Waals surface area contributed by atoms with E-state index in [0.29, 0.717) is 11.4 Å². The number of allylic oxidation sites excluding steroid dienone is 1. The molecule has 1 saturated heterocycles. The van der Waals surface area contributed by atoms with Gasteiger partial charge in [-0.15, -0.1) is 5.10 Å². The van der Waals surface area contributed by atoms with E-state index in [-0.39, 0.29) is 0 Å². The van der Waals surface area contributed by atoms with Crippen LogP contribution in [0.4, 0.5) is 0 Å². The van der Waals surface area contributed by atoms with E-state index < -0.39 is 10.8 Å². The van der Waals surface area contributed by atoms with E-state index in [0.717, 1.165) is 79.5 Å². The molecule has 2 heterocycles. The second kappa shape index (κ2) is 15.0. The molecule has 0 bridgehead atoms. The molecule has 194 valence electrons. The lowest BCUT2D eigenvalue weighted by atomic mass is 10.2. The highest BCUT2D eigenvalue weighted by Gasteiger charge is 2.20. The first-order chi connectivity index (χ1) is 16.8. The highest BCUT2D eigenvalue weighted by molar-refractivity contribution is 7.85. The number of benzene rings is 1. The molecule has 0 saturated carbocycles. The first kappa shape index (κ1) is 29.0. The van der Waals surface area contributed by atoms with Gasteiger partial charge < -0.3 is 15.0 Å². The third-order valence-electron chi connectivity index (χ3n) is 6.07. The molecule has 1 aliphatic rings. The SMILES string of the molecule is C/C(=C\CN1CCN(CCC=O)CC1)n1nnc(S(=O)c2ccc(C)cc2C)c1C.CCCNC. The van der Waals surface area contributed by atoms with Crippen LogP contribution >= 0.6 is 0 Å². The second-order valence-electron chi connectivity index (χ2n) is 8.98. The molecule has 1 aliphatic heterocycles. The number of aldehydes is 1. The molecule has 0 amide bonds. The van der Waals surface area contributed by atoms with Crippen LogP contribution in [0, 0.1) is 20.8 Å². The van der Waals surface area contributed by atoms with Gasteiger partial charge in [-0.1, -0.05) is 29.8 Å². The minimum absolute atomic E-state index is 0.512. The quantitative estimate of drug-likeness (QED) is 0.500. The number of carbonyl (C=O) groups is 1. The first-order valence-electron chi connectivity index (χ1n) is 12.4. The third-order valence-corrected chi connectivity index (χ3v) is 7.65. The average Bonchev–Trinajstić information content (AvgIpc) is 3.23. The third kappa shape index (κ3) is 8.75. The minimum Gasteiger partial charge on any atom is -0.320 e. The fraction of sp³-hybridized carbons (Fsp3) is 0.577. The van der Waals surface area contributed by atoms with E-state index in [2.05, 4.69) is 38.4 Å². The van der Waals surface area contributed by atoms with Crippen molar-refractivity contribution >= 4 is 22.8 Å². The molecule has 2 aromatic rings. The second-order valence-corrected chi connectivity index (χ2v) is 10.3. The van der Waals surface area contributed by atoms with Crippen LogP contribution in [0.2, 0.25) is 0 Å². The molecule has 8 nitrogen and oxygen atoms in total. The summed E-state index contributed by atoms with van der Waals surface area (Å²) >= 11 is 0. The fourth-order valence-corrected chi connectivity index (χ4v) is 5.18. The van der Waals surface area contributed by atoms with Gasteiger partial charge in [0.25, 0.3) is 0 Å². The molecule has 1 fully saturated rings. The van der Waals surface area contributed by atoms with Crippen LogP contribution in [-0.4, -0.2) is 88.1 Å². The fourth-order valence-electron chi connectivity index (χ4n) is 3.96. The van der Waals surface area contributed by atoms with E-state index in [4.69, 9.17) is 0 Å². The van der Waals surface area contributed by atoms with Gasteiger partial charge in [0, 0.05) is 56.3 Å². The number of piperazine rings is 1. The van der Waals surface area contributed by atoms with Crippen LogP contribution in [0.1, 0.15) is 43.5 Å². The summed E-state index contributed by atoms with van der Waals surface area (Å²) in [6, 6.07) is 5.93. The van der Waals surface area contributed by atoms with Crippen LogP contribution in [0.15, 0.2) is 34.2 Å². The summed E-state index contributed by atoms with van der Waals surface area (Å²) in [4.78, 5) is 16.0. The Morgan fingerprint density at radius 1 is 1.14 bits per heavy atom. The lowest BCUT2D eigenvalue weighted by molar-refractivity contribution is -0.108. The van der Waals surface area contributed by atoms with E-state index >= 15 is 0 Å². The van der Waals surface area contributed by atoms with Gasteiger partial charge in [0.05, 0.1) is 5.69 Å². The Morgan fingerprint density at radius 3 is 2.40 bits per heavy atom. The van der Waals surface area contributed by atoms with Crippen molar-refractivity contribution in [1.29, 1.82) is 0 Å². The zero-order valence-corrected chi connectivity index (χ0v) is 23.0. The number of nitrogens with zero attached hydrogens (tertiary/aromatic N) is 5. The summed E-state index contributed by atoms with van der Waals surface area (Å²) < 4.78 is 14.9. The van der Waals surface area contributed by atoms with E-state index in [1.165, 1.54) is 6.42 Å². The molecule has 1 unspecified atom stereocenters. The number of hydrogen-bond donors (Lipinski definition) is 1. The number of aryl methyl sites for hydroxylation is 2. The molecule has 3 rings (SSSR count). The van der Waals surface area contributed by atoms with E-state index in [1.54, 1.807) is 4.68 Å². The Labute approximate surface area is 213 Å². The van der Waals surface area contributed by atoms with Crippen LogP contribution < -0.4 is 5.32 Å². The average molecular weight is 503 g/mol. The predicted octanol–water partition coefficient (Wildman–Crippen LogP) is 3.05. The van der Waals surface area contributed by atoms with E-state index in [1.807, 2.05) is 52.9 Å². The van der Waals surface area contributed by atoms with Crippen molar-refractivity contribution < 1.29 is 9.00 Å². The maximum absolute atomic E-state index is 13.1. The Balaban J connectivity index is 0.000000784. The number of rotatable bonds is 10. The Bertz CT molecular complexity index is 994. The Hall–Kier alpha value is -2.20. The van der Waals surface area contributed by atoms with Crippen LogP contribution in [0.5, 0.6) is 0 Å². The number of hydrogen-bond acceptors (Lipinski definition) is 7. The van der Waals surface area contributed by atoms with Gasteiger partial charge in [-0.25, -0.2) is 8.89 Å².